The number of nitrogens with zero attached hydrogens (tertiary/aromatic N) is 2. The van der Waals surface area contributed by atoms with E-state index in [0.717, 1.165) is 11.1 Å². The van der Waals surface area contributed by atoms with Crippen LogP contribution in [0, 0.1) is 0 Å². The van der Waals surface area contributed by atoms with Gasteiger partial charge in [0.05, 0.1) is 0 Å². The van der Waals surface area contributed by atoms with Crippen molar-refractivity contribution < 1.29 is 4.79 Å². The number of carbonyl (C=O) groups excluding carboxylic acids is 1. The highest BCUT2D eigenvalue weighted by atomic mass is 35.5. The molecule has 19 heavy (non-hydrogen) atoms. The summed E-state index contributed by atoms with van der Waals surface area (Å²) in [6.07, 6.45) is 3.63. The van der Waals surface area contributed by atoms with E-state index in [1.807, 2.05) is 43.3 Å². The van der Waals surface area contributed by atoms with Crippen LogP contribution >= 0.6 is 11.6 Å². The van der Waals surface area contributed by atoms with Crippen LogP contribution < -0.4 is 0 Å². The summed E-state index contributed by atoms with van der Waals surface area (Å²) < 4.78 is 0. The monoisotopic (exact) mass is 278 g/mol. The van der Waals surface area contributed by atoms with E-state index in [0.29, 0.717) is 13.1 Å². The maximum atomic E-state index is 11.9. The molecule has 0 saturated heterocycles. The van der Waals surface area contributed by atoms with Gasteiger partial charge in [-0.1, -0.05) is 35.9 Å². The van der Waals surface area contributed by atoms with Crippen molar-refractivity contribution in [1.82, 2.24) is 4.90 Å². The molecule has 3 nitrogen and oxygen atoms in total. The first kappa shape index (κ1) is 15.4. The van der Waals surface area contributed by atoms with Gasteiger partial charge in [-0.05, 0) is 18.6 Å². The minimum absolute atomic E-state index is 0.00196. The van der Waals surface area contributed by atoms with Crippen LogP contribution in [0.25, 0.3) is 0 Å². The van der Waals surface area contributed by atoms with Crippen LogP contribution in [0.2, 0.25) is 0 Å². The van der Waals surface area contributed by atoms with E-state index in [1.165, 1.54) is 0 Å². The highest BCUT2D eigenvalue weighted by molar-refractivity contribution is 6.27. The number of hydrogen-bond acceptors (Lipinski definition) is 2. The second kappa shape index (κ2) is 8.48. The molecule has 1 aromatic carbocycles. The molecule has 0 aromatic heterocycles. The Labute approximate surface area is 119 Å². The Hall–Kier alpha value is -1.61. The summed E-state index contributed by atoms with van der Waals surface area (Å²) in [7, 11) is 1.72. The van der Waals surface area contributed by atoms with Gasteiger partial charge in [-0.15, -0.1) is 11.6 Å². The van der Waals surface area contributed by atoms with Gasteiger partial charge < -0.3 is 4.90 Å². The molecule has 1 amide bonds. The van der Waals surface area contributed by atoms with Gasteiger partial charge in [-0.2, -0.15) is 0 Å². The Kier molecular flexibility index (Phi) is 6.90. The van der Waals surface area contributed by atoms with Crippen LogP contribution in [0.15, 0.2) is 47.0 Å². The van der Waals surface area contributed by atoms with E-state index in [4.69, 9.17) is 11.6 Å². The second-order valence-electron chi connectivity index (χ2n) is 4.29. The van der Waals surface area contributed by atoms with E-state index in [-0.39, 0.29) is 11.8 Å². The lowest BCUT2D eigenvalue weighted by atomic mass is 10.2. The van der Waals surface area contributed by atoms with Crippen LogP contribution in [0.5, 0.6) is 0 Å². The van der Waals surface area contributed by atoms with Gasteiger partial charge in [0.25, 0.3) is 0 Å². The van der Waals surface area contributed by atoms with Crippen molar-refractivity contribution in [1.29, 1.82) is 0 Å². The fourth-order valence-corrected chi connectivity index (χ4v) is 1.85. The first-order chi connectivity index (χ1) is 9.17. The van der Waals surface area contributed by atoms with Gasteiger partial charge in [0.1, 0.15) is 5.88 Å². The third-order valence-corrected chi connectivity index (χ3v) is 2.86. The minimum Gasteiger partial charge on any atom is -0.333 e. The summed E-state index contributed by atoms with van der Waals surface area (Å²) in [6.45, 7) is 3.11. The fourth-order valence-electron chi connectivity index (χ4n) is 1.68. The van der Waals surface area contributed by atoms with Crippen molar-refractivity contribution in [2.24, 2.45) is 4.99 Å². The Morgan fingerprint density at radius 1 is 1.37 bits per heavy atom. The van der Waals surface area contributed by atoms with Crippen LogP contribution in [0.4, 0.5) is 0 Å². The normalized spacial score (nSPS) is 11.8. The molecule has 0 spiro atoms. The SMILES string of the molecule is CN=C/C=C(\C)CN(Cc1ccccc1)C(=O)CCl. The third-order valence-electron chi connectivity index (χ3n) is 2.63. The zero-order chi connectivity index (χ0) is 14.1. The molecule has 0 aliphatic rings. The number of alkyl halides is 1. The number of allylic oxidation sites excluding steroid dienone is 1. The molecular weight excluding hydrogens is 260 g/mol. The second-order valence-corrected chi connectivity index (χ2v) is 4.56. The summed E-state index contributed by atoms with van der Waals surface area (Å²) >= 11 is 5.66. The van der Waals surface area contributed by atoms with Crippen LogP contribution in [0.1, 0.15) is 12.5 Å². The van der Waals surface area contributed by atoms with Crippen LogP contribution in [0.3, 0.4) is 0 Å². The number of benzene rings is 1. The number of rotatable bonds is 6. The molecule has 0 N–H and O–H groups in total. The summed E-state index contributed by atoms with van der Waals surface area (Å²) in [4.78, 5) is 17.5. The first-order valence-electron chi connectivity index (χ1n) is 6.13. The van der Waals surface area contributed by atoms with Gasteiger partial charge in [-0.25, -0.2) is 0 Å². The summed E-state index contributed by atoms with van der Waals surface area (Å²) in [6, 6.07) is 9.89. The van der Waals surface area contributed by atoms with Crippen molar-refractivity contribution in [2.75, 3.05) is 19.5 Å². The molecule has 0 radical (unpaired) electrons. The predicted molar refractivity (Wildman–Crippen MR) is 80.8 cm³/mol. The Bertz CT molecular complexity index is 454. The molecule has 0 heterocycles. The van der Waals surface area contributed by atoms with Gasteiger partial charge in [0, 0.05) is 26.4 Å². The maximum Gasteiger partial charge on any atom is 0.238 e. The largest absolute Gasteiger partial charge is 0.333 e. The molecule has 1 aromatic rings. The third kappa shape index (κ3) is 5.71. The maximum absolute atomic E-state index is 11.9. The molecule has 0 fully saturated rings. The van der Waals surface area contributed by atoms with Crippen molar-refractivity contribution in [3.05, 3.63) is 47.5 Å². The zero-order valence-corrected chi connectivity index (χ0v) is 12.1. The summed E-state index contributed by atoms with van der Waals surface area (Å²) in [5.41, 5.74) is 2.16. The highest BCUT2D eigenvalue weighted by Gasteiger charge is 2.12. The molecule has 0 atom stereocenters. The van der Waals surface area contributed by atoms with E-state index >= 15 is 0 Å². The molecular formula is C15H19ClN2O. The lowest BCUT2D eigenvalue weighted by Crippen LogP contribution is -2.33. The number of hydrogen-bond donors (Lipinski definition) is 0. The average molecular weight is 279 g/mol. The van der Waals surface area contributed by atoms with Gasteiger partial charge in [0.2, 0.25) is 5.91 Å². The first-order valence-corrected chi connectivity index (χ1v) is 6.66. The van der Waals surface area contributed by atoms with Crippen molar-refractivity contribution in [3.8, 4) is 0 Å². The molecule has 0 aliphatic heterocycles. The zero-order valence-electron chi connectivity index (χ0n) is 11.3. The van der Waals surface area contributed by atoms with E-state index in [2.05, 4.69) is 4.99 Å². The smallest absolute Gasteiger partial charge is 0.238 e. The standard InChI is InChI=1S/C15H19ClN2O/c1-13(8-9-17-2)11-18(15(19)10-16)12-14-6-4-3-5-7-14/h3-9H,10-12H2,1-2H3/b13-8+,17-9?. The molecule has 102 valence electrons. The fraction of sp³-hybridized carbons (Fsp3) is 0.333. The quantitative estimate of drug-likeness (QED) is 0.582. The summed E-state index contributed by atoms with van der Waals surface area (Å²) in [5.74, 6) is -0.0613. The van der Waals surface area contributed by atoms with Gasteiger partial charge >= 0.3 is 0 Å². The molecule has 0 aliphatic carbocycles. The Morgan fingerprint density at radius 2 is 2.05 bits per heavy atom. The van der Waals surface area contributed by atoms with E-state index < -0.39 is 0 Å². The minimum atomic E-state index is -0.0632. The highest BCUT2D eigenvalue weighted by Crippen LogP contribution is 2.08. The molecule has 0 bridgehead atoms. The molecule has 0 saturated carbocycles. The topological polar surface area (TPSA) is 32.7 Å². The van der Waals surface area contributed by atoms with Crippen molar-refractivity contribution in [2.45, 2.75) is 13.5 Å². The number of halogens is 1. The van der Waals surface area contributed by atoms with Crippen LogP contribution in [-0.2, 0) is 11.3 Å². The lowest BCUT2D eigenvalue weighted by molar-refractivity contribution is -0.128. The Balaban J connectivity index is 2.75. The van der Waals surface area contributed by atoms with Gasteiger partial charge in [0.15, 0.2) is 0 Å². The number of carbonyl (C=O) groups is 1. The predicted octanol–water partition coefficient (Wildman–Crippen LogP) is 2.90. The average Bonchev–Trinajstić information content (AvgIpc) is 2.44. The van der Waals surface area contributed by atoms with Crippen molar-refractivity contribution >= 4 is 23.7 Å². The van der Waals surface area contributed by atoms with Crippen molar-refractivity contribution in [3.63, 3.8) is 0 Å². The summed E-state index contributed by atoms with van der Waals surface area (Å²) in [5, 5.41) is 0. The van der Waals surface area contributed by atoms with E-state index in [1.54, 1.807) is 18.2 Å². The van der Waals surface area contributed by atoms with Crippen LogP contribution in [-0.4, -0.2) is 36.5 Å². The van der Waals surface area contributed by atoms with Gasteiger partial charge in [-0.3, -0.25) is 9.79 Å². The molecule has 4 heteroatoms. The molecule has 1 rings (SSSR count). The number of aliphatic imine (C=N–C) groups is 1. The Morgan fingerprint density at radius 3 is 2.63 bits per heavy atom. The molecule has 0 unspecified atom stereocenters. The van der Waals surface area contributed by atoms with E-state index in [9.17, 15) is 4.79 Å². The lowest BCUT2D eigenvalue weighted by Gasteiger charge is -2.22. The number of amides is 1.